The lowest BCUT2D eigenvalue weighted by atomic mass is 10.2. The summed E-state index contributed by atoms with van der Waals surface area (Å²) >= 11 is 3.32. The molecule has 0 aliphatic rings. The molecular formula is C14H14BrNO3. The van der Waals surface area contributed by atoms with E-state index in [2.05, 4.69) is 22.5 Å². The number of halogens is 1. The van der Waals surface area contributed by atoms with Crippen molar-refractivity contribution in [2.45, 2.75) is 0 Å². The molecule has 1 aromatic rings. The number of hydrogen-bond donors (Lipinski definition) is 1. The highest BCUT2D eigenvalue weighted by atomic mass is 79.9. The molecule has 5 heteroatoms. The molecule has 0 aromatic heterocycles. The van der Waals surface area contributed by atoms with Crippen molar-refractivity contribution in [3.8, 4) is 0 Å². The lowest BCUT2D eigenvalue weighted by Gasteiger charge is -2.16. The van der Waals surface area contributed by atoms with Crippen LogP contribution in [0.2, 0.25) is 0 Å². The molecular weight excluding hydrogens is 310 g/mol. The minimum absolute atomic E-state index is 0.204. The summed E-state index contributed by atoms with van der Waals surface area (Å²) in [7, 11) is 0. The summed E-state index contributed by atoms with van der Waals surface area (Å²) in [5.41, 5.74) is 0.866. The Morgan fingerprint density at radius 2 is 1.95 bits per heavy atom. The van der Waals surface area contributed by atoms with E-state index in [1.54, 1.807) is 6.08 Å². The van der Waals surface area contributed by atoms with Crippen LogP contribution in [0.25, 0.3) is 6.08 Å². The van der Waals surface area contributed by atoms with E-state index < -0.39 is 5.97 Å². The standard InChI is InChI=1S/C14H14BrNO3/c1-2-9-16(10-14(18)19)13(17)8-5-11-3-6-12(15)7-4-11/h2-8H,1,9-10H2,(H,18,19). The van der Waals surface area contributed by atoms with Gasteiger partial charge in [0.25, 0.3) is 0 Å². The van der Waals surface area contributed by atoms with Crippen LogP contribution in [0.4, 0.5) is 0 Å². The molecule has 0 bridgehead atoms. The molecule has 0 atom stereocenters. The Hall–Kier alpha value is -1.88. The summed E-state index contributed by atoms with van der Waals surface area (Å²) in [4.78, 5) is 23.7. The average Bonchev–Trinajstić information content (AvgIpc) is 2.37. The Kier molecular flexibility index (Phi) is 6.02. The van der Waals surface area contributed by atoms with Crippen LogP contribution >= 0.6 is 15.9 Å². The second-order valence-electron chi connectivity index (χ2n) is 3.79. The highest BCUT2D eigenvalue weighted by molar-refractivity contribution is 9.10. The van der Waals surface area contributed by atoms with E-state index >= 15 is 0 Å². The summed E-state index contributed by atoms with van der Waals surface area (Å²) in [5, 5.41) is 8.72. The molecule has 0 saturated heterocycles. The van der Waals surface area contributed by atoms with Gasteiger partial charge in [0, 0.05) is 17.1 Å². The molecule has 0 aliphatic heterocycles. The van der Waals surface area contributed by atoms with E-state index in [1.165, 1.54) is 17.1 Å². The van der Waals surface area contributed by atoms with Gasteiger partial charge in [-0.2, -0.15) is 0 Å². The van der Waals surface area contributed by atoms with E-state index in [-0.39, 0.29) is 19.0 Å². The predicted molar refractivity (Wildman–Crippen MR) is 77.6 cm³/mol. The Morgan fingerprint density at radius 3 is 2.47 bits per heavy atom. The number of amides is 1. The fourth-order valence-electron chi connectivity index (χ4n) is 1.40. The topological polar surface area (TPSA) is 57.6 Å². The van der Waals surface area contributed by atoms with Gasteiger partial charge < -0.3 is 10.0 Å². The Balaban J connectivity index is 2.72. The van der Waals surface area contributed by atoms with E-state index in [0.717, 1.165) is 10.0 Å². The summed E-state index contributed by atoms with van der Waals surface area (Å²) < 4.78 is 0.954. The van der Waals surface area contributed by atoms with Crippen LogP contribution in [-0.4, -0.2) is 35.0 Å². The van der Waals surface area contributed by atoms with Crippen LogP contribution < -0.4 is 0 Å². The summed E-state index contributed by atoms with van der Waals surface area (Å²) in [6.07, 6.45) is 4.50. The molecule has 0 aliphatic carbocycles. The molecule has 1 rings (SSSR count). The number of carboxylic acids is 1. The number of carbonyl (C=O) groups is 2. The third-order valence-corrected chi connectivity index (χ3v) is 2.80. The van der Waals surface area contributed by atoms with E-state index in [1.807, 2.05) is 24.3 Å². The van der Waals surface area contributed by atoms with Crippen molar-refractivity contribution in [1.29, 1.82) is 0 Å². The molecule has 1 aromatic carbocycles. The van der Waals surface area contributed by atoms with E-state index in [9.17, 15) is 9.59 Å². The number of nitrogens with zero attached hydrogens (tertiary/aromatic N) is 1. The zero-order valence-electron chi connectivity index (χ0n) is 10.3. The van der Waals surface area contributed by atoms with Crippen molar-refractivity contribution >= 4 is 33.9 Å². The molecule has 0 saturated carbocycles. The average molecular weight is 324 g/mol. The number of rotatable bonds is 6. The van der Waals surface area contributed by atoms with Crippen LogP contribution in [-0.2, 0) is 9.59 Å². The fourth-order valence-corrected chi connectivity index (χ4v) is 1.66. The fraction of sp³-hybridized carbons (Fsp3) is 0.143. The molecule has 0 radical (unpaired) electrons. The van der Waals surface area contributed by atoms with Crippen LogP contribution in [0.3, 0.4) is 0 Å². The van der Waals surface area contributed by atoms with Crippen LogP contribution in [0, 0.1) is 0 Å². The number of hydrogen-bond acceptors (Lipinski definition) is 2. The number of aliphatic carboxylic acids is 1. The van der Waals surface area contributed by atoms with Gasteiger partial charge in [-0.1, -0.05) is 34.1 Å². The van der Waals surface area contributed by atoms with Crippen LogP contribution in [0.5, 0.6) is 0 Å². The van der Waals surface area contributed by atoms with Gasteiger partial charge in [0.05, 0.1) is 0 Å². The van der Waals surface area contributed by atoms with Gasteiger partial charge in [0.2, 0.25) is 5.91 Å². The second-order valence-corrected chi connectivity index (χ2v) is 4.70. The first-order valence-corrected chi connectivity index (χ1v) is 6.37. The van der Waals surface area contributed by atoms with Gasteiger partial charge in [0.1, 0.15) is 6.54 Å². The minimum atomic E-state index is -1.05. The molecule has 0 spiro atoms. The third kappa shape index (κ3) is 5.52. The molecule has 100 valence electrons. The van der Waals surface area contributed by atoms with Gasteiger partial charge in [-0.25, -0.2) is 0 Å². The predicted octanol–water partition coefficient (Wildman–Crippen LogP) is 2.56. The quantitative estimate of drug-likeness (QED) is 0.646. The molecule has 0 unspecified atom stereocenters. The Bertz CT molecular complexity index is 494. The molecule has 19 heavy (non-hydrogen) atoms. The third-order valence-electron chi connectivity index (χ3n) is 2.28. The maximum atomic E-state index is 11.8. The first-order valence-electron chi connectivity index (χ1n) is 5.58. The maximum Gasteiger partial charge on any atom is 0.323 e. The van der Waals surface area contributed by atoms with Crippen molar-refractivity contribution in [1.82, 2.24) is 4.90 Å². The minimum Gasteiger partial charge on any atom is -0.480 e. The molecule has 4 nitrogen and oxygen atoms in total. The highest BCUT2D eigenvalue weighted by Gasteiger charge is 2.12. The van der Waals surface area contributed by atoms with E-state index in [4.69, 9.17) is 5.11 Å². The normalized spacial score (nSPS) is 10.4. The summed E-state index contributed by atoms with van der Waals surface area (Å²) in [6, 6.07) is 7.43. The Labute approximate surface area is 120 Å². The Morgan fingerprint density at radius 1 is 1.32 bits per heavy atom. The van der Waals surface area contributed by atoms with Gasteiger partial charge in [0.15, 0.2) is 0 Å². The van der Waals surface area contributed by atoms with E-state index in [0.29, 0.717) is 0 Å². The van der Waals surface area contributed by atoms with Gasteiger partial charge in [-0.15, -0.1) is 6.58 Å². The maximum absolute atomic E-state index is 11.8. The van der Waals surface area contributed by atoms with Gasteiger partial charge in [-0.05, 0) is 23.8 Å². The smallest absolute Gasteiger partial charge is 0.323 e. The van der Waals surface area contributed by atoms with Crippen molar-refractivity contribution in [2.75, 3.05) is 13.1 Å². The summed E-state index contributed by atoms with van der Waals surface area (Å²) in [6.45, 7) is 3.37. The van der Waals surface area contributed by atoms with Crippen molar-refractivity contribution in [3.63, 3.8) is 0 Å². The molecule has 1 amide bonds. The largest absolute Gasteiger partial charge is 0.480 e. The van der Waals surface area contributed by atoms with Crippen LogP contribution in [0.1, 0.15) is 5.56 Å². The number of benzene rings is 1. The van der Waals surface area contributed by atoms with Crippen molar-refractivity contribution in [2.24, 2.45) is 0 Å². The zero-order valence-corrected chi connectivity index (χ0v) is 11.8. The molecule has 0 heterocycles. The number of carbonyl (C=O) groups excluding carboxylic acids is 1. The first kappa shape index (κ1) is 15.2. The second kappa shape index (κ2) is 7.53. The van der Waals surface area contributed by atoms with Crippen molar-refractivity contribution in [3.05, 3.63) is 53.0 Å². The van der Waals surface area contributed by atoms with Gasteiger partial charge >= 0.3 is 5.97 Å². The van der Waals surface area contributed by atoms with Crippen molar-refractivity contribution < 1.29 is 14.7 Å². The lowest BCUT2D eigenvalue weighted by Crippen LogP contribution is -2.34. The first-order chi connectivity index (χ1) is 9.02. The molecule has 1 N–H and O–H groups in total. The zero-order chi connectivity index (χ0) is 14.3. The number of carboxylic acid groups (broad SMARTS) is 1. The van der Waals surface area contributed by atoms with Crippen LogP contribution in [0.15, 0.2) is 47.5 Å². The molecule has 0 fully saturated rings. The summed E-state index contributed by atoms with van der Waals surface area (Å²) in [5.74, 6) is -1.41. The van der Waals surface area contributed by atoms with Gasteiger partial charge in [-0.3, -0.25) is 9.59 Å². The monoisotopic (exact) mass is 323 g/mol. The SMILES string of the molecule is C=CCN(CC(=O)O)C(=O)C=Cc1ccc(Br)cc1. The highest BCUT2D eigenvalue weighted by Crippen LogP contribution is 2.11. The lowest BCUT2D eigenvalue weighted by molar-refractivity contribution is -0.142.